The van der Waals surface area contributed by atoms with E-state index in [0.717, 1.165) is 12.4 Å². The molecule has 0 atom stereocenters. The van der Waals surface area contributed by atoms with Gasteiger partial charge >= 0.3 is 6.18 Å². The molecule has 0 aliphatic rings. The summed E-state index contributed by atoms with van der Waals surface area (Å²) in [5.41, 5.74) is -1.07. The molecule has 0 saturated carbocycles. The summed E-state index contributed by atoms with van der Waals surface area (Å²) in [6.07, 6.45) is -3.39. The molecule has 0 aliphatic carbocycles. The molecule has 0 unspecified atom stereocenters. The molecule has 1 aromatic carbocycles. The number of fused-ring (bicyclic) bond motifs is 1. The highest BCUT2D eigenvalue weighted by molar-refractivity contribution is 5.76. The maximum Gasteiger partial charge on any atom is 0.416 e. The van der Waals surface area contributed by atoms with Gasteiger partial charge in [0, 0.05) is 0 Å². The molecule has 0 spiro atoms. The van der Waals surface area contributed by atoms with Gasteiger partial charge in [-0.3, -0.25) is 0 Å². The lowest BCUT2D eigenvalue weighted by Gasteiger charge is -2.06. The zero-order valence-electron chi connectivity index (χ0n) is 6.69. The lowest BCUT2D eigenvalue weighted by Crippen LogP contribution is -2.05. The summed E-state index contributed by atoms with van der Waals surface area (Å²) in [5, 5.41) is 0. The van der Waals surface area contributed by atoms with E-state index >= 15 is 0 Å². The summed E-state index contributed by atoms with van der Waals surface area (Å²) < 4.78 is 49.6. The zero-order chi connectivity index (χ0) is 10.3. The minimum atomic E-state index is -4.54. The number of halogens is 4. The summed E-state index contributed by atoms with van der Waals surface area (Å²) >= 11 is 0. The number of aromatic amines is 1. The largest absolute Gasteiger partial charge is 0.416 e. The van der Waals surface area contributed by atoms with Gasteiger partial charge in [0.1, 0.15) is 5.52 Å². The Labute approximate surface area is 75.6 Å². The molecule has 0 aliphatic heterocycles. The van der Waals surface area contributed by atoms with E-state index in [9.17, 15) is 17.6 Å². The minimum Gasteiger partial charge on any atom is -0.344 e. The first kappa shape index (κ1) is 8.98. The van der Waals surface area contributed by atoms with Gasteiger partial charge in [-0.1, -0.05) is 0 Å². The average molecular weight is 204 g/mol. The fraction of sp³-hybridized carbons (Fsp3) is 0.125. The van der Waals surface area contributed by atoms with Crippen molar-refractivity contribution in [3.8, 4) is 0 Å². The van der Waals surface area contributed by atoms with Gasteiger partial charge in [-0.2, -0.15) is 13.2 Å². The molecule has 14 heavy (non-hydrogen) atoms. The summed E-state index contributed by atoms with van der Waals surface area (Å²) in [5.74, 6) is -0.976. The van der Waals surface area contributed by atoms with E-state index in [4.69, 9.17) is 0 Å². The molecule has 6 heteroatoms. The summed E-state index contributed by atoms with van der Waals surface area (Å²) in [7, 11) is 0. The third kappa shape index (κ3) is 1.32. The van der Waals surface area contributed by atoms with Crippen LogP contribution in [-0.2, 0) is 6.18 Å². The number of hydrogen-bond donors (Lipinski definition) is 1. The van der Waals surface area contributed by atoms with Crippen molar-refractivity contribution < 1.29 is 17.6 Å². The van der Waals surface area contributed by atoms with Gasteiger partial charge in [-0.15, -0.1) is 0 Å². The van der Waals surface area contributed by atoms with Gasteiger partial charge in [-0.25, -0.2) is 9.37 Å². The first-order chi connectivity index (χ1) is 6.48. The number of nitrogens with zero attached hydrogens (tertiary/aromatic N) is 1. The van der Waals surface area contributed by atoms with E-state index in [0.29, 0.717) is 6.07 Å². The molecule has 1 N–H and O–H groups in total. The highest BCUT2D eigenvalue weighted by atomic mass is 19.4. The van der Waals surface area contributed by atoms with Crippen LogP contribution in [0.2, 0.25) is 0 Å². The molecule has 2 aromatic rings. The Morgan fingerprint density at radius 1 is 1.21 bits per heavy atom. The third-order valence-electron chi connectivity index (χ3n) is 1.80. The van der Waals surface area contributed by atoms with Gasteiger partial charge in [0.2, 0.25) is 0 Å². The van der Waals surface area contributed by atoms with Crippen molar-refractivity contribution in [1.29, 1.82) is 0 Å². The Hall–Kier alpha value is -1.59. The third-order valence-corrected chi connectivity index (χ3v) is 1.80. The highest BCUT2D eigenvalue weighted by Gasteiger charge is 2.31. The van der Waals surface area contributed by atoms with Crippen LogP contribution in [0.5, 0.6) is 0 Å². The number of benzene rings is 1. The van der Waals surface area contributed by atoms with Crippen LogP contribution in [0.15, 0.2) is 18.5 Å². The second-order valence-electron chi connectivity index (χ2n) is 2.75. The molecule has 2 rings (SSSR count). The Morgan fingerprint density at radius 3 is 2.57 bits per heavy atom. The van der Waals surface area contributed by atoms with E-state index in [1.807, 2.05) is 0 Å². The van der Waals surface area contributed by atoms with E-state index < -0.39 is 17.6 Å². The van der Waals surface area contributed by atoms with E-state index in [1.165, 1.54) is 0 Å². The van der Waals surface area contributed by atoms with Crippen molar-refractivity contribution >= 4 is 11.0 Å². The lowest BCUT2D eigenvalue weighted by atomic mass is 10.2. The maximum absolute atomic E-state index is 13.0. The number of imidazole rings is 1. The molecule has 0 bridgehead atoms. The molecule has 2 nitrogen and oxygen atoms in total. The molecule has 0 saturated heterocycles. The molecular formula is C8H4F4N2. The maximum atomic E-state index is 13.0. The van der Waals surface area contributed by atoms with Gasteiger partial charge in [0.15, 0.2) is 5.82 Å². The number of aromatic nitrogens is 2. The van der Waals surface area contributed by atoms with E-state index in [2.05, 4.69) is 9.97 Å². The van der Waals surface area contributed by atoms with Crippen LogP contribution in [0.4, 0.5) is 17.6 Å². The van der Waals surface area contributed by atoms with Gasteiger partial charge in [0.05, 0.1) is 17.4 Å². The number of nitrogens with one attached hydrogen (secondary N) is 1. The SMILES string of the molecule is Fc1cc(C(F)(F)F)cc2[nH]cnc12. The number of H-pyrrole nitrogens is 1. The van der Waals surface area contributed by atoms with E-state index in [-0.39, 0.29) is 11.0 Å². The van der Waals surface area contributed by atoms with E-state index in [1.54, 1.807) is 0 Å². The number of rotatable bonds is 0. The topological polar surface area (TPSA) is 28.7 Å². The van der Waals surface area contributed by atoms with Crippen LogP contribution in [0.25, 0.3) is 11.0 Å². The second-order valence-corrected chi connectivity index (χ2v) is 2.75. The lowest BCUT2D eigenvalue weighted by molar-refractivity contribution is -0.137. The smallest absolute Gasteiger partial charge is 0.344 e. The number of alkyl halides is 3. The second kappa shape index (κ2) is 2.70. The summed E-state index contributed by atoms with van der Waals surface area (Å²) in [6.45, 7) is 0. The van der Waals surface area contributed by atoms with Crippen LogP contribution in [0.1, 0.15) is 5.56 Å². The molecule has 0 fully saturated rings. The zero-order valence-corrected chi connectivity index (χ0v) is 6.69. The Bertz CT molecular complexity index is 472. The Morgan fingerprint density at radius 2 is 1.93 bits per heavy atom. The highest BCUT2D eigenvalue weighted by Crippen LogP contribution is 2.31. The first-order valence-electron chi connectivity index (χ1n) is 3.68. The van der Waals surface area contributed by atoms with Crippen molar-refractivity contribution in [1.82, 2.24) is 9.97 Å². The van der Waals surface area contributed by atoms with Crippen LogP contribution in [0, 0.1) is 5.82 Å². The van der Waals surface area contributed by atoms with Crippen molar-refractivity contribution in [3.05, 3.63) is 29.8 Å². The average Bonchev–Trinajstić information content (AvgIpc) is 2.50. The fourth-order valence-corrected chi connectivity index (χ4v) is 1.17. The van der Waals surface area contributed by atoms with Gasteiger partial charge in [-0.05, 0) is 12.1 Å². The van der Waals surface area contributed by atoms with Crippen LogP contribution in [0.3, 0.4) is 0 Å². The van der Waals surface area contributed by atoms with Crippen LogP contribution >= 0.6 is 0 Å². The predicted molar refractivity (Wildman–Crippen MR) is 41.1 cm³/mol. The normalized spacial score (nSPS) is 12.3. The molecule has 1 heterocycles. The van der Waals surface area contributed by atoms with Crippen molar-refractivity contribution in [2.75, 3.05) is 0 Å². The molecule has 0 radical (unpaired) electrons. The summed E-state index contributed by atoms with van der Waals surface area (Å²) in [4.78, 5) is 5.97. The van der Waals surface area contributed by atoms with Crippen molar-refractivity contribution in [3.63, 3.8) is 0 Å². The standard InChI is InChI=1S/C8H4F4N2/c9-5-1-4(8(10,11)12)2-6-7(5)14-3-13-6/h1-3H,(H,13,14). The molecule has 1 aromatic heterocycles. The Balaban J connectivity index is 2.70. The fourth-order valence-electron chi connectivity index (χ4n) is 1.17. The predicted octanol–water partition coefficient (Wildman–Crippen LogP) is 2.72. The summed E-state index contributed by atoms with van der Waals surface area (Å²) in [6, 6.07) is 1.26. The van der Waals surface area contributed by atoms with Crippen LogP contribution < -0.4 is 0 Å². The molecule has 74 valence electrons. The molecule has 0 amide bonds. The molecular weight excluding hydrogens is 200 g/mol. The Kier molecular flexibility index (Phi) is 1.73. The van der Waals surface area contributed by atoms with Crippen LogP contribution in [-0.4, -0.2) is 9.97 Å². The van der Waals surface area contributed by atoms with Crippen molar-refractivity contribution in [2.24, 2.45) is 0 Å². The monoisotopic (exact) mass is 204 g/mol. The minimum absolute atomic E-state index is 0.0392. The first-order valence-corrected chi connectivity index (χ1v) is 3.68. The van der Waals surface area contributed by atoms with Gasteiger partial charge in [0.25, 0.3) is 0 Å². The van der Waals surface area contributed by atoms with Crippen molar-refractivity contribution in [2.45, 2.75) is 6.18 Å². The number of hydrogen-bond acceptors (Lipinski definition) is 1. The van der Waals surface area contributed by atoms with Gasteiger partial charge < -0.3 is 4.98 Å². The quantitative estimate of drug-likeness (QED) is 0.656.